The maximum atomic E-state index is 12.9. The van der Waals surface area contributed by atoms with Crippen LogP contribution >= 0.6 is 0 Å². The van der Waals surface area contributed by atoms with Crippen molar-refractivity contribution in [2.24, 2.45) is 0 Å². The number of amides is 1. The van der Waals surface area contributed by atoms with E-state index in [2.05, 4.69) is 10.0 Å². The van der Waals surface area contributed by atoms with Crippen molar-refractivity contribution in [1.82, 2.24) is 0 Å². The molecular weight excluding hydrogens is 436 g/mol. The number of hydrogen-bond acceptors (Lipinski definition) is 4. The molecule has 4 rings (SSSR count). The highest BCUT2D eigenvalue weighted by Crippen LogP contribution is 2.26. The predicted molar refractivity (Wildman–Crippen MR) is 131 cm³/mol. The van der Waals surface area contributed by atoms with Crippen LogP contribution in [-0.2, 0) is 14.8 Å². The first-order valence-electron chi connectivity index (χ1n) is 10.5. The lowest BCUT2D eigenvalue weighted by Crippen LogP contribution is -2.30. The Morgan fingerprint density at radius 2 is 1.52 bits per heavy atom. The van der Waals surface area contributed by atoms with Crippen molar-refractivity contribution in [3.05, 3.63) is 96.6 Å². The standard InChI is InChI=1S/C26H24N2O4S/c1-18-8-3-6-13-25(18)32-19(2)26(29)27-21-14-16-22(17-15-21)33(30,31)28-24-12-7-10-20-9-4-5-11-23(20)24/h3-17,19,28H,1-2H3,(H,27,29). The Balaban J connectivity index is 1.45. The average molecular weight is 461 g/mol. The van der Waals surface area contributed by atoms with Crippen LogP contribution < -0.4 is 14.8 Å². The number of nitrogens with one attached hydrogen (secondary N) is 2. The Morgan fingerprint density at radius 3 is 2.27 bits per heavy atom. The number of benzene rings is 4. The van der Waals surface area contributed by atoms with Gasteiger partial charge in [-0.05, 0) is 61.2 Å². The van der Waals surface area contributed by atoms with Crippen molar-refractivity contribution < 1.29 is 17.9 Å². The van der Waals surface area contributed by atoms with E-state index in [9.17, 15) is 13.2 Å². The van der Waals surface area contributed by atoms with Crippen LogP contribution in [-0.4, -0.2) is 20.4 Å². The molecule has 0 fully saturated rings. The number of carbonyl (C=O) groups excluding carboxylic acids is 1. The Labute approximate surface area is 193 Å². The van der Waals surface area contributed by atoms with E-state index in [1.165, 1.54) is 12.1 Å². The first-order valence-corrected chi connectivity index (χ1v) is 12.0. The Kier molecular flexibility index (Phi) is 6.33. The van der Waals surface area contributed by atoms with E-state index in [-0.39, 0.29) is 10.8 Å². The van der Waals surface area contributed by atoms with Crippen molar-refractivity contribution in [3.63, 3.8) is 0 Å². The highest BCUT2D eigenvalue weighted by atomic mass is 32.2. The average Bonchev–Trinajstić information content (AvgIpc) is 2.81. The SMILES string of the molecule is Cc1ccccc1OC(C)C(=O)Nc1ccc(S(=O)(=O)Nc2cccc3ccccc23)cc1. The molecule has 0 aliphatic heterocycles. The number of ether oxygens (including phenoxy) is 1. The summed E-state index contributed by atoms with van der Waals surface area (Å²) in [5, 5.41) is 4.51. The first kappa shape index (κ1) is 22.4. The van der Waals surface area contributed by atoms with Crippen LogP contribution in [0.4, 0.5) is 11.4 Å². The summed E-state index contributed by atoms with van der Waals surface area (Å²) >= 11 is 0. The van der Waals surface area contributed by atoms with Crippen LogP contribution in [0.15, 0.2) is 95.9 Å². The normalized spacial score (nSPS) is 12.2. The Bertz CT molecular complexity index is 1390. The van der Waals surface area contributed by atoms with Crippen molar-refractivity contribution in [3.8, 4) is 5.75 Å². The molecule has 1 amide bonds. The van der Waals surface area contributed by atoms with Gasteiger partial charge in [0.2, 0.25) is 0 Å². The summed E-state index contributed by atoms with van der Waals surface area (Å²) < 4.78 is 34.2. The van der Waals surface area contributed by atoms with Gasteiger partial charge in [0.1, 0.15) is 5.75 Å². The lowest BCUT2D eigenvalue weighted by Gasteiger charge is -2.16. The molecule has 0 spiro atoms. The summed E-state index contributed by atoms with van der Waals surface area (Å²) in [6.45, 7) is 3.57. The molecule has 0 saturated carbocycles. The van der Waals surface area contributed by atoms with Crippen LogP contribution in [0.2, 0.25) is 0 Å². The van der Waals surface area contributed by atoms with Crippen LogP contribution in [0, 0.1) is 6.92 Å². The van der Waals surface area contributed by atoms with Crippen molar-refractivity contribution >= 4 is 38.1 Å². The highest BCUT2D eigenvalue weighted by molar-refractivity contribution is 7.92. The third-order valence-corrected chi connectivity index (χ3v) is 6.61. The monoisotopic (exact) mass is 460 g/mol. The van der Waals surface area contributed by atoms with Crippen LogP contribution in [0.5, 0.6) is 5.75 Å². The van der Waals surface area contributed by atoms with Crippen molar-refractivity contribution in [2.45, 2.75) is 24.8 Å². The summed E-state index contributed by atoms with van der Waals surface area (Å²) in [4.78, 5) is 12.6. The van der Waals surface area contributed by atoms with Gasteiger partial charge in [-0.3, -0.25) is 9.52 Å². The van der Waals surface area contributed by atoms with Crippen LogP contribution in [0.1, 0.15) is 12.5 Å². The lowest BCUT2D eigenvalue weighted by atomic mass is 10.1. The number of sulfonamides is 1. The molecule has 0 heterocycles. The van der Waals surface area contributed by atoms with Crippen molar-refractivity contribution in [1.29, 1.82) is 0 Å². The maximum absolute atomic E-state index is 12.9. The van der Waals surface area contributed by atoms with E-state index in [4.69, 9.17) is 4.74 Å². The summed E-state index contributed by atoms with van der Waals surface area (Å²) in [6, 6.07) is 26.5. The maximum Gasteiger partial charge on any atom is 0.265 e. The minimum atomic E-state index is -3.80. The molecule has 2 N–H and O–H groups in total. The molecule has 33 heavy (non-hydrogen) atoms. The van der Waals surface area contributed by atoms with Crippen LogP contribution in [0.3, 0.4) is 0 Å². The van der Waals surface area contributed by atoms with E-state index in [0.717, 1.165) is 16.3 Å². The second kappa shape index (κ2) is 9.34. The number of hydrogen-bond donors (Lipinski definition) is 2. The molecule has 0 radical (unpaired) electrons. The number of carbonyl (C=O) groups is 1. The van der Waals surface area contributed by atoms with Crippen LogP contribution in [0.25, 0.3) is 10.8 Å². The molecular formula is C26H24N2O4S. The van der Waals surface area contributed by atoms with Gasteiger partial charge in [-0.2, -0.15) is 0 Å². The third kappa shape index (κ3) is 5.15. The fraction of sp³-hybridized carbons (Fsp3) is 0.115. The van der Waals surface area contributed by atoms with E-state index >= 15 is 0 Å². The molecule has 0 saturated heterocycles. The predicted octanol–water partition coefficient (Wildman–Crippen LogP) is 5.36. The molecule has 6 nitrogen and oxygen atoms in total. The molecule has 4 aromatic rings. The van der Waals surface area contributed by atoms with Gasteiger partial charge in [0.25, 0.3) is 15.9 Å². The van der Waals surface area contributed by atoms with Gasteiger partial charge < -0.3 is 10.1 Å². The largest absolute Gasteiger partial charge is 0.481 e. The van der Waals surface area contributed by atoms with Crippen molar-refractivity contribution in [2.75, 3.05) is 10.0 Å². The highest BCUT2D eigenvalue weighted by Gasteiger charge is 2.18. The molecule has 0 bridgehead atoms. The smallest absolute Gasteiger partial charge is 0.265 e. The second-order valence-electron chi connectivity index (χ2n) is 7.67. The molecule has 0 aromatic heterocycles. The molecule has 1 atom stereocenters. The fourth-order valence-corrected chi connectivity index (χ4v) is 4.49. The topological polar surface area (TPSA) is 84.5 Å². The minimum absolute atomic E-state index is 0.0950. The lowest BCUT2D eigenvalue weighted by molar-refractivity contribution is -0.122. The van der Waals surface area contributed by atoms with E-state index in [1.807, 2.05) is 61.5 Å². The van der Waals surface area contributed by atoms with Gasteiger partial charge in [0.05, 0.1) is 10.6 Å². The van der Waals surface area contributed by atoms with E-state index in [0.29, 0.717) is 17.1 Å². The second-order valence-corrected chi connectivity index (χ2v) is 9.35. The van der Waals surface area contributed by atoms with Gasteiger partial charge in [-0.1, -0.05) is 54.6 Å². The minimum Gasteiger partial charge on any atom is -0.481 e. The molecule has 4 aromatic carbocycles. The van der Waals surface area contributed by atoms with Gasteiger partial charge >= 0.3 is 0 Å². The number of anilines is 2. The van der Waals surface area contributed by atoms with Gasteiger partial charge in [0, 0.05) is 11.1 Å². The Hall–Kier alpha value is -3.84. The fourth-order valence-electron chi connectivity index (χ4n) is 3.41. The zero-order valence-corrected chi connectivity index (χ0v) is 19.1. The third-order valence-electron chi connectivity index (χ3n) is 5.23. The summed E-state index contributed by atoms with van der Waals surface area (Å²) in [5.41, 5.74) is 1.92. The Morgan fingerprint density at radius 1 is 0.848 bits per heavy atom. The summed E-state index contributed by atoms with van der Waals surface area (Å²) in [5.74, 6) is 0.309. The number of fused-ring (bicyclic) bond motifs is 1. The molecule has 0 aliphatic rings. The quantitative estimate of drug-likeness (QED) is 0.389. The van der Waals surface area contributed by atoms with E-state index in [1.54, 1.807) is 31.2 Å². The van der Waals surface area contributed by atoms with Gasteiger partial charge in [0.15, 0.2) is 6.10 Å². The zero-order chi connectivity index (χ0) is 23.4. The molecule has 0 aliphatic carbocycles. The summed E-state index contributed by atoms with van der Waals surface area (Å²) in [6.07, 6.45) is -0.720. The van der Waals surface area contributed by atoms with E-state index < -0.39 is 16.1 Å². The number of aryl methyl sites for hydroxylation is 1. The number of para-hydroxylation sites is 1. The van der Waals surface area contributed by atoms with Gasteiger partial charge in [-0.25, -0.2) is 8.42 Å². The zero-order valence-electron chi connectivity index (χ0n) is 18.3. The van der Waals surface area contributed by atoms with Gasteiger partial charge in [-0.15, -0.1) is 0 Å². The molecule has 168 valence electrons. The molecule has 1 unspecified atom stereocenters. The molecule has 7 heteroatoms. The first-order chi connectivity index (χ1) is 15.8. The summed E-state index contributed by atoms with van der Waals surface area (Å²) in [7, 11) is -3.80. The number of rotatable bonds is 7.